The van der Waals surface area contributed by atoms with Crippen LogP contribution in [0.4, 0.5) is 0 Å². The fourth-order valence-electron chi connectivity index (χ4n) is 14.5. The van der Waals surface area contributed by atoms with Crippen molar-refractivity contribution in [3.05, 3.63) is 0 Å². The summed E-state index contributed by atoms with van der Waals surface area (Å²) >= 11 is 0. The molecule has 0 radical (unpaired) electrons. The number of hydrogen-bond acceptors (Lipinski definition) is 40. The van der Waals surface area contributed by atoms with E-state index in [1.807, 2.05) is 0 Å². The largest absolute Gasteiger partial charge is 0.480 e. The zero-order chi connectivity index (χ0) is 101. The molecular formula is C90H166N6O40. The molecule has 0 aromatic heterocycles. The number of hydrogen-bond donors (Lipinski definition) is 20. The van der Waals surface area contributed by atoms with E-state index in [-0.39, 0.29) is 276 Å². The van der Waals surface area contributed by atoms with E-state index in [0.29, 0.717) is 12.6 Å². The molecule has 0 aromatic carbocycles. The maximum atomic E-state index is 14.4. The molecule has 0 bridgehead atoms. The van der Waals surface area contributed by atoms with Crippen LogP contribution in [0.2, 0.25) is 0 Å². The topological polar surface area (TPSA) is 667 Å². The minimum Gasteiger partial charge on any atom is -0.480 e. The minimum atomic E-state index is -1.57. The van der Waals surface area contributed by atoms with Crippen LogP contribution >= 0.6 is 0 Å². The van der Waals surface area contributed by atoms with Crippen molar-refractivity contribution in [1.29, 1.82) is 0 Å². The number of amides is 2. The van der Waals surface area contributed by atoms with Crippen LogP contribution in [0.3, 0.4) is 0 Å². The molecule has 796 valence electrons. The molecule has 46 heteroatoms. The number of carboxylic acids is 4. The summed E-state index contributed by atoms with van der Waals surface area (Å²) in [4.78, 5) is 113. The summed E-state index contributed by atoms with van der Waals surface area (Å²) in [6, 6.07) is -5.92. The Balaban J connectivity index is 2.13. The number of carbonyl (C=O) groups is 8. The van der Waals surface area contributed by atoms with Crippen molar-refractivity contribution in [3.63, 3.8) is 0 Å². The molecule has 0 saturated carbocycles. The highest BCUT2D eigenvalue weighted by Crippen LogP contribution is 2.29. The lowest BCUT2D eigenvalue weighted by molar-refractivity contribution is -0.169. The van der Waals surface area contributed by atoms with Crippen LogP contribution in [0.25, 0.3) is 0 Å². The summed E-state index contributed by atoms with van der Waals surface area (Å²) in [5.74, 6) is -10.4. The normalized spacial score (nSPS) is 21.7. The predicted octanol–water partition coefficient (Wildman–Crippen LogP) is -5.86. The van der Waals surface area contributed by atoms with Gasteiger partial charge in [0.25, 0.3) is 0 Å². The molecule has 3 saturated heterocycles. The first-order chi connectivity index (χ1) is 64.8. The molecule has 10 atom stereocenters. The molecule has 3 heterocycles. The molecule has 10 unspecified atom stereocenters. The minimum absolute atomic E-state index is 0.00109. The van der Waals surface area contributed by atoms with E-state index >= 15 is 0 Å². The summed E-state index contributed by atoms with van der Waals surface area (Å²) in [6.45, 7) is -0.487. The Hall–Kier alpha value is -5.12. The van der Waals surface area contributed by atoms with Gasteiger partial charge in [-0.1, -0.05) is 41.5 Å². The zero-order valence-electron chi connectivity index (χ0n) is 80.8. The lowest BCUT2D eigenvalue weighted by atomic mass is 9.93. The van der Waals surface area contributed by atoms with Gasteiger partial charge >= 0.3 is 23.9 Å². The third-order valence-electron chi connectivity index (χ3n) is 24.7. The average Bonchev–Trinajstić information content (AvgIpc) is 1.37. The van der Waals surface area contributed by atoms with Crippen LogP contribution in [0, 0.1) is 68.0 Å². The van der Waals surface area contributed by atoms with E-state index in [4.69, 9.17) is 66.3 Å². The van der Waals surface area contributed by atoms with Crippen LogP contribution in [0.1, 0.15) is 92.9 Å². The van der Waals surface area contributed by atoms with E-state index < -0.39 is 244 Å². The standard InChI is InChI=1S/C90H166N6O40/c1-83(43-99,44-100)57-127-35-69(36-128-58-84(2,45-101)46-102)31-123-27-67(29-125-33-71-39-131-61-87(5,51-107)63-135-89(53-109,54-110)65-133-41-71)25-91-77(113)13-11-75(81(119)120)95-19-17-93(73(79(115)116)9-7-23-97)15-16-94(74(80(117)118)10-8-24-98)18-20-96(22-21-95)76(82(121)122)12-14-78(114)92-26-68(28-124-32-70(37-129-59-85(3,47-103)48-104)38-130-60-86(4,49-105)50-106)30-126-34-72-40-132-62-88(6,52-108)64-136-90(55-111,56-112)66-134-42-72/h23-24,67-76,99-112H,7-22,25-66H2,1-6H3,(H,91,113)(H,92,114)(H,115,116)(H,117,118)(H,119,120)(H,121,122). The first-order valence-electron chi connectivity index (χ1n) is 46.8. The van der Waals surface area contributed by atoms with Crippen molar-refractivity contribution in [2.45, 2.75) is 128 Å². The molecule has 20 N–H and O–H groups in total. The maximum absolute atomic E-state index is 14.4. The quantitative estimate of drug-likeness (QED) is 0.0252. The Morgan fingerprint density at radius 2 is 0.588 bits per heavy atom. The van der Waals surface area contributed by atoms with Crippen molar-refractivity contribution < 1.29 is 197 Å². The smallest absolute Gasteiger partial charge is 0.320 e. The van der Waals surface area contributed by atoms with E-state index in [1.165, 1.54) is 19.6 Å². The van der Waals surface area contributed by atoms with Crippen LogP contribution in [-0.2, 0) is 105 Å². The van der Waals surface area contributed by atoms with Gasteiger partial charge in [0.2, 0.25) is 11.8 Å². The molecule has 0 spiro atoms. The van der Waals surface area contributed by atoms with Crippen LogP contribution in [0.5, 0.6) is 0 Å². The highest BCUT2D eigenvalue weighted by molar-refractivity contribution is 5.79. The lowest BCUT2D eigenvalue weighted by Crippen LogP contribution is -2.56. The molecule has 3 aliphatic heterocycles. The predicted molar refractivity (Wildman–Crippen MR) is 483 cm³/mol. The third kappa shape index (κ3) is 47.4. The highest BCUT2D eigenvalue weighted by atomic mass is 16.6. The second kappa shape index (κ2) is 67.4. The van der Waals surface area contributed by atoms with Gasteiger partial charge in [-0.05, 0) is 25.7 Å². The number of aliphatic carboxylic acids is 4. The molecule has 3 fully saturated rings. The molecule has 3 aliphatic rings. The van der Waals surface area contributed by atoms with Gasteiger partial charge in [0.15, 0.2) is 0 Å². The number of aldehydes is 2. The van der Waals surface area contributed by atoms with Gasteiger partial charge in [-0.2, -0.15) is 0 Å². The number of ether oxygens (including phenoxy) is 14. The number of aliphatic hydroxyl groups excluding tert-OH is 14. The fourth-order valence-corrected chi connectivity index (χ4v) is 14.5. The van der Waals surface area contributed by atoms with E-state index in [1.54, 1.807) is 41.5 Å². The first kappa shape index (κ1) is 125. The van der Waals surface area contributed by atoms with Crippen molar-refractivity contribution in [2.24, 2.45) is 68.0 Å². The van der Waals surface area contributed by atoms with Gasteiger partial charge < -0.3 is 178 Å². The van der Waals surface area contributed by atoms with Gasteiger partial charge in [0.1, 0.15) is 47.9 Å². The second-order valence-corrected chi connectivity index (χ2v) is 39.2. The van der Waals surface area contributed by atoms with Gasteiger partial charge in [0.05, 0.1) is 264 Å². The number of nitrogens with one attached hydrogen (secondary N) is 2. The molecule has 136 heavy (non-hydrogen) atoms. The summed E-state index contributed by atoms with van der Waals surface area (Å²) in [5, 5.41) is 192. The van der Waals surface area contributed by atoms with Gasteiger partial charge in [-0.15, -0.1) is 0 Å². The van der Waals surface area contributed by atoms with E-state index in [0.717, 1.165) is 0 Å². The van der Waals surface area contributed by atoms with Crippen LogP contribution in [-0.4, -0.2) is 525 Å². The molecule has 0 aromatic rings. The summed E-state index contributed by atoms with van der Waals surface area (Å²) in [7, 11) is 0. The van der Waals surface area contributed by atoms with E-state index in [2.05, 4.69) is 10.6 Å². The average molecular weight is 1970 g/mol. The van der Waals surface area contributed by atoms with Crippen molar-refractivity contribution in [2.75, 3.05) is 330 Å². The molecule has 2 amide bonds. The van der Waals surface area contributed by atoms with Gasteiger partial charge in [-0.25, -0.2) is 0 Å². The van der Waals surface area contributed by atoms with Crippen molar-refractivity contribution >= 4 is 48.3 Å². The fraction of sp³-hybridized carbons (Fsp3) is 0.911. The molecule has 0 aliphatic carbocycles. The van der Waals surface area contributed by atoms with Gasteiger partial charge in [0, 0.05) is 159 Å². The van der Waals surface area contributed by atoms with Crippen molar-refractivity contribution in [3.8, 4) is 0 Å². The highest BCUT2D eigenvalue weighted by Gasteiger charge is 2.42. The first-order valence-corrected chi connectivity index (χ1v) is 46.8. The summed E-state index contributed by atoms with van der Waals surface area (Å²) in [5.41, 5.74) is -8.99. The second-order valence-electron chi connectivity index (χ2n) is 39.2. The number of nitrogens with zero attached hydrogens (tertiary/aromatic N) is 4. The Bertz CT molecular complexity index is 3000. The Labute approximate surface area is 798 Å². The Morgan fingerprint density at radius 1 is 0.346 bits per heavy atom. The Morgan fingerprint density at radius 3 is 0.831 bits per heavy atom. The van der Waals surface area contributed by atoms with Gasteiger partial charge in [-0.3, -0.25) is 48.4 Å². The summed E-state index contributed by atoms with van der Waals surface area (Å²) in [6.07, 6.45) is -1.62. The number of aliphatic hydroxyl groups is 14. The van der Waals surface area contributed by atoms with Crippen molar-refractivity contribution in [1.82, 2.24) is 30.2 Å². The number of carboxylic acid groups (broad SMARTS) is 4. The molecule has 3 rings (SSSR count). The zero-order valence-corrected chi connectivity index (χ0v) is 80.8. The van der Waals surface area contributed by atoms with E-state index in [9.17, 15) is 130 Å². The Kier molecular flexibility index (Phi) is 62.0. The third-order valence-corrected chi connectivity index (χ3v) is 24.7. The SMILES string of the molecule is CC(CO)(CO)COCC(COCC(CNC(=O)CCC(C(=O)O)N1CCN(C(CCC=O)C(=O)O)CCN(C(CCC=O)C(=O)O)CCN(C(CCC(=O)NCC(COCC(COCC(C)(CO)CO)COCC(C)(CO)CO)COCC2COCC(C)(CO)COC(CO)(CO)COC2)C(=O)O)CC1)COCC1COCC(C)(CO)COC(CO)(CO)COC1)COCC(C)(CO)CO. The summed E-state index contributed by atoms with van der Waals surface area (Å²) < 4.78 is 85.0. The molecule has 46 nitrogen and oxygen atoms in total. The number of carbonyl (C=O) groups excluding carboxylic acids is 4. The number of rotatable bonds is 70. The monoisotopic (exact) mass is 1970 g/mol. The maximum Gasteiger partial charge on any atom is 0.320 e. The van der Waals surface area contributed by atoms with Crippen LogP contribution in [0.15, 0.2) is 0 Å². The van der Waals surface area contributed by atoms with Crippen LogP contribution < -0.4 is 10.6 Å². The molecular weight excluding hydrogens is 1800 g/mol. The lowest BCUT2D eigenvalue weighted by Gasteiger charge is -2.39.